The molecule has 2 N–H and O–H groups in total. The summed E-state index contributed by atoms with van der Waals surface area (Å²) in [6, 6.07) is 9.40. The van der Waals surface area contributed by atoms with Crippen molar-refractivity contribution >= 4 is 17.4 Å². The van der Waals surface area contributed by atoms with Crippen molar-refractivity contribution in [3.8, 4) is 0 Å². The number of aliphatic hydroxyl groups excluding tert-OH is 1. The van der Waals surface area contributed by atoms with E-state index in [1.807, 2.05) is 30.3 Å². The Morgan fingerprint density at radius 2 is 2.06 bits per heavy atom. The number of aromatic nitrogens is 2. The minimum absolute atomic E-state index is 0.0374. The van der Waals surface area contributed by atoms with Crippen LogP contribution in [-0.4, -0.2) is 21.7 Å². The Bertz CT molecular complexity index is 478. The number of rotatable bonds is 4. The van der Waals surface area contributed by atoms with Crippen LogP contribution in [0.2, 0.25) is 5.02 Å². The van der Waals surface area contributed by atoms with Gasteiger partial charge in [-0.1, -0.05) is 41.9 Å². The molecule has 2 rings (SSSR count). The number of benzene rings is 1. The van der Waals surface area contributed by atoms with Gasteiger partial charge in [-0.3, -0.25) is 0 Å². The summed E-state index contributed by atoms with van der Waals surface area (Å²) >= 11 is 5.94. The van der Waals surface area contributed by atoms with E-state index < -0.39 is 0 Å². The molecule has 0 unspecified atom stereocenters. The van der Waals surface area contributed by atoms with Crippen LogP contribution in [-0.2, 0) is 0 Å². The first-order chi connectivity index (χ1) is 8.31. The topological polar surface area (TPSA) is 58.0 Å². The molecule has 1 aromatic carbocycles. The Morgan fingerprint density at radius 3 is 2.71 bits per heavy atom. The lowest BCUT2D eigenvalue weighted by Gasteiger charge is -2.17. The minimum atomic E-state index is -0.233. The normalized spacial score (nSPS) is 12.1. The fraction of sp³-hybridized carbons (Fsp3) is 0.167. The number of anilines is 1. The van der Waals surface area contributed by atoms with Gasteiger partial charge < -0.3 is 10.4 Å². The molecule has 1 heterocycles. The van der Waals surface area contributed by atoms with Crippen molar-refractivity contribution in [3.05, 3.63) is 53.4 Å². The fourth-order valence-corrected chi connectivity index (χ4v) is 1.66. The van der Waals surface area contributed by atoms with Crippen LogP contribution in [0.25, 0.3) is 0 Å². The highest BCUT2D eigenvalue weighted by atomic mass is 35.5. The lowest BCUT2D eigenvalue weighted by Crippen LogP contribution is -2.15. The van der Waals surface area contributed by atoms with Crippen LogP contribution in [0.15, 0.2) is 42.9 Å². The molecule has 0 radical (unpaired) electrons. The predicted octanol–water partition coefficient (Wildman–Crippen LogP) is 2.28. The summed E-state index contributed by atoms with van der Waals surface area (Å²) in [5.41, 5.74) is 0.977. The standard InChI is InChI=1S/C12H12ClN3O/c13-10-6-14-8-15-12(10)16-11(7-17)9-4-2-1-3-5-9/h1-6,8,11,17H,7H2,(H,14,15,16)/t11-/m1/s1. The van der Waals surface area contributed by atoms with Crippen molar-refractivity contribution in [1.29, 1.82) is 0 Å². The molecule has 0 aliphatic carbocycles. The van der Waals surface area contributed by atoms with Crippen molar-refractivity contribution in [1.82, 2.24) is 9.97 Å². The maximum absolute atomic E-state index is 9.38. The number of nitrogens with zero attached hydrogens (tertiary/aromatic N) is 2. The first-order valence-electron chi connectivity index (χ1n) is 5.19. The molecule has 0 saturated carbocycles. The van der Waals surface area contributed by atoms with Crippen molar-refractivity contribution < 1.29 is 5.11 Å². The Balaban J connectivity index is 2.19. The number of halogens is 1. The molecule has 0 saturated heterocycles. The molecular formula is C12H12ClN3O. The Labute approximate surface area is 104 Å². The van der Waals surface area contributed by atoms with Crippen LogP contribution >= 0.6 is 11.6 Å². The van der Waals surface area contributed by atoms with Gasteiger partial charge in [-0.25, -0.2) is 9.97 Å². The van der Waals surface area contributed by atoms with Crippen LogP contribution in [0.3, 0.4) is 0 Å². The third kappa shape index (κ3) is 2.93. The van der Waals surface area contributed by atoms with Gasteiger partial charge in [-0.05, 0) is 5.56 Å². The second kappa shape index (κ2) is 5.61. The van der Waals surface area contributed by atoms with Crippen LogP contribution in [0.4, 0.5) is 5.82 Å². The first kappa shape index (κ1) is 11.8. The fourth-order valence-electron chi connectivity index (χ4n) is 1.50. The third-order valence-corrected chi connectivity index (χ3v) is 2.64. The Kier molecular flexibility index (Phi) is 3.90. The molecule has 0 amide bonds. The maximum Gasteiger partial charge on any atom is 0.148 e. The van der Waals surface area contributed by atoms with E-state index in [0.717, 1.165) is 5.56 Å². The van der Waals surface area contributed by atoms with E-state index in [4.69, 9.17) is 11.6 Å². The molecular weight excluding hydrogens is 238 g/mol. The van der Waals surface area contributed by atoms with Gasteiger partial charge >= 0.3 is 0 Å². The van der Waals surface area contributed by atoms with Gasteiger partial charge in [0, 0.05) is 0 Å². The third-order valence-electron chi connectivity index (χ3n) is 2.36. The van der Waals surface area contributed by atoms with Gasteiger partial charge in [0.2, 0.25) is 0 Å². The van der Waals surface area contributed by atoms with E-state index >= 15 is 0 Å². The van der Waals surface area contributed by atoms with Crippen molar-refractivity contribution in [2.24, 2.45) is 0 Å². The van der Waals surface area contributed by atoms with Crippen LogP contribution in [0.1, 0.15) is 11.6 Å². The van der Waals surface area contributed by atoms with Gasteiger partial charge in [0.05, 0.1) is 18.8 Å². The largest absolute Gasteiger partial charge is 0.394 e. The molecule has 1 atom stereocenters. The molecule has 2 aromatic rings. The highest BCUT2D eigenvalue weighted by Crippen LogP contribution is 2.22. The monoisotopic (exact) mass is 249 g/mol. The smallest absolute Gasteiger partial charge is 0.148 e. The molecule has 1 aromatic heterocycles. The van der Waals surface area contributed by atoms with Crippen molar-refractivity contribution in [2.45, 2.75) is 6.04 Å². The quantitative estimate of drug-likeness (QED) is 0.873. The molecule has 0 spiro atoms. The SMILES string of the molecule is OC[C@@H](Nc1ncncc1Cl)c1ccccc1. The summed E-state index contributed by atoms with van der Waals surface area (Å²) in [6.45, 7) is -0.0374. The molecule has 0 bridgehead atoms. The number of hydrogen-bond acceptors (Lipinski definition) is 4. The van der Waals surface area contributed by atoms with Crippen LogP contribution in [0.5, 0.6) is 0 Å². The molecule has 0 fully saturated rings. The molecule has 88 valence electrons. The van der Waals surface area contributed by atoms with Gasteiger partial charge in [-0.15, -0.1) is 0 Å². The molecule has 0 aliphatic heterocycles. The molecule has 17 heavy (non-hydrogen) atoms. The molecule has 4 nitrogen and oxygen atoms in total. The highest BCUT2D eigenvalue weighted by molar-refractivity contribution is 6.32. The molecule has 5 heteroatoms. The lowest BCUT2D eigenvalue weighted by molar-refractivity contribution is 0.276. The van der Waals surface area contributed by atoms with Gasteiger partial charge in [0.25, 0.3) is 0 Å². The predicted molar refractivity (Wildman–Crippen MR) is 66.9 cm³/mol. The summed E-state index contributed by atoms with van der Waals surface area (Å²) in [4.78, 5) is 7.83. The van der Waals surface area contributed by atoms with E-state index in [0.29, 0.717) is 10.8 Å². The zero-order valence-corrected chi connectivity index (χ0v) is 9.80. The first-order valence-corrected chi connectivity index (χ1v) is 5.57. The summed E-state index contributed by atoms with van der Waals surface area (Å²) in [5.74, 6) is 0.518. The van der Waals surface area contributed by atoms with E-state index in [2.05, 4.69) is 15.3 Å². The lowest BCUT2D eigenvalue weighted by atomic mass is 10.1. The number of nitrogens with one attached hydrogen (secondary N) is 1. The summed E-state index contributed by atoms with van der Waals surface area (Å²) < 4.78 is 0. The summed E-state index contributed by atoms with van der Waals surface area (Å²) in [7, 11) is 0. The second-order valence-electron chi connectivity index (χ2n) is 3.51. The van der Waals surface area contributed by atoms with E-state index in [-0.39, 0.29) is 12.6 Å². The number of aliphatic hydroxyl groups is 1. The van der Waals surface area contributed by atoms with E-state index in [9.17, 15) is 5.11 Å². The summed E-state index contributed by atoms with van der Waals surface area (Å²) in [5, 5.41) is 12.9. The molecule has 0 aliphatic rings. The van der Waals surface area contributed by atoms with Crippen LogP contribution in [0, 0.1) is 0 Å². The van der Waals surface area contributed by atoms with Gasteiger partial charge in [0.1, 0.15) is 17.2 Å². The second-order valence-corrected chi connectivity index (χ2v) is 3.92. The van der Waals surface area contributed by atoms with E-state index in [1.165, 1.54) is 12.5 Å². The van der Waals surface area contributed by atoms with Crippen molar-refractivity contribution in [3.63, 3.8) is 0 Å². The van der Waals surface area contributed by atoms with Gasteiger partial charge in [-0.2, -0.15) is 0 Å². The van der Waals surface area contributed by atoms with Crippen LogP contribution < -0.4 is 5.32 Å². The average molecular weight is 250 g/mol. The summed E-state index contributed by atoms with van der Waals surface area (Å²) in [6.07, 6.45) is 2.92. The maximum atomic E-state index is 9.38. The average Bonchev–Trinajstić information content (AvgIpc) is 2.39. The zero-order valence-electron chi connectivity index (χ0n) is 9.05. The Morgan fingerprint density at radius 1 is 1.29 bits per heavy atom. The highest BCUT2D eigenvalue weighted by Gasteiger charge is 2.11. The number of hydrogen-bond donors (Lipinski definition) is 2. The Hall–Kier alpha value is -1.65. The van der Waals surface area contributed by atoms with Crippen molar-refractivity contribution in [2.75, 3.05) is 11.9 Å². The van der Waals surface area contributed by atoms with Gasteiger partial charge in [0.15, 0.2) is 0 Å². The zero-order chi connectivity index (χ0) is 12.1. The minimum Gasteiger partial charge on any atom is -0.394 e. The van der Waals surface area contributed by atoms with E-state index in [1.54, 1.807) is 0 Å².